The molecule has 18 nitrogen and oxygen atoms in total. The predicted octanol–water partition coefficient (Wildman–Crippen LogP) is -2.52. The van der Waals surface area contributed by atoms with Crippen molar-refractivity contribution >= 4 is 35.4 Å². The van der Waals surface area contributed by atoms with Crippen LogP contribution in [0.5, 0.6) is 11.5 Å². The Balaban J connectivity index is 1.07. The number of phenols is 2. The first-order chi connectivity index (χ1) is 28.9. The molecule has 1 aliphatic carbocycles. The SMILES string of the molecule is CNC1CCCC1C(=O)NC[C@H](Cc1ccc(O)cc1)C(=O)NC1CNCC1C(=O)NC1CNCC1C(=O)N[C@H](CC(=O)NC1CNCC1C(N)=O)Cc1ccc(O)cc1. The van der Waals surface area contributed by atoms with Crippen LogP contribution in [0.2, 0.25) is 0 Å². The van der Waals surface area contributed by atoms with Crippen molar-refractivity contribution in [2.75, 3.05) is 52.9 Å². The van der Waals surface area contributed by atoms with Crippen molar-refractivity contribution in [3.63, 3.8) is 0 Å². The molecular formula is C42H60N10O8. The van der Waals surface area contributed by atoms with E-state index in [4.69, 9.17) is 5.73 Å². The van der Waals surface area contributed by atoms with Crippen LogP contribution in [0, 0.1) is 29.6 Å². The maximum absolute atomic E-state index is 13.9. The van der Waals surface area contributed by atoms with Crippen LogP contribution in [-0.2, 0) is 41.6 Å². The Morgan fingerprint density at radius 1 is 0.650 bits per heavy atom. The summed E-state index contributed by atoms with van der Waals surface area (Å²) in [4.78, 5) is 80.1. The van der Waals surface area contributed by atoms with Crippen molar-refractivity contribution in [2.24, 2.45) is 35.3 Å². The molecule has 3 heterocycles. The number of primary amides is 1. The molecular weight excluding hydrogens is 773 g/mol. The summed E-state index contributed by atoms with van der Waals surface area (Å²) in [6.45, 7) is 2.11. The number of aromatic hydroxyl groups is 2. The van der Waals surface area contributed by atoms with E-state index >= 15 is 0 Å². The van der Waals surface area contributed by atoms with Gasteiger partial charge in [0.15, 0.2) is 0 Å². The summed E-state index contributed by atoms with van der Waals surface area (Å²) in [5, 5.41) is 47.3. The molecule has 2 aromatic carbocycles. The highest BCUT2D eigenvalue weighted by atomic mass is 16.3. The molecule has 4 aliphatic rings. The quantitative estimate of drug-likeness (QED) is 0.0742. The maximum Gasteiger partial charge on any atom is 0.226 e. The minimum Gasteiger partial charge on any atom is -0.508 e. The van der Waals surface area contributed by atoms with Gasteiger partial charge in [-0.2, -0.15) is 0 Å². The number of carbonyl (C=O) groups excluding carboxylic acids is 6. The molecule has 1 saturated carbocycles. The van der Waals surface area contributed by atoms with Crippen LogP contribution >= 0.6 is 0 Å². The molecule has 2 aromatic rings. The summed E-state index contributed by atoms with van der Waals surface area (Å²) in [6.07, 6.45) is 3.12. The van der Waals surface area contributed by atoms with Gasteiger partial charge in [-0.05, 0) is 68.1 Å². The molecule has 3 aliphatic heterocycles. The number of amides is 6. The summed E-state index contributed by atoms with van der Waals surface area (Å²) in [5.41, 5.74) is 7.12. The van der Waals surface area contributed by atoms with Gasteiger partial charge in [0, 0.05) is 64.3 Å². The minimum atomic E-state index is -0.666. The molecule has 8 unspecified atom stereocenters. The zero-order chi connectivity index (χ0) is 42.8. The molecule has 10 atom stereocenters. The normalized spacial score (nSPS) is 27.1. The van der Waals surface area contributed by atoms with E-state index in [9.17, 15) is 39.0 Å². The number of benzene rings is 2. The number of hydrogen-bond acceptors (Lipinski definition) is 12. The van der Waals surface area contributed by atoms with Crippen LogP contribution in [0.25, 0.3) is 0 Å². The van der Waals surface area contributed by atoms with Gasteiger partial charge in [-0.1, -0.05) is 30.7 Å². The molecule has 326 valence electrons. The highest BCUT2D eigenvalue weighted by molar-refractivity contribution is 5.87. The number of phenolic OH excluding ortho intramolecular Hbond substituents is 2. The van der Waals surface area contributed by atoms with E-state index in [-0.39, 0.29) is 78.9 Å². The summed E-state index contributed by atoms with van der Waals surface area (Å²) >= 11 is 0. The third-order valence-electron chi connectivity index (χ3n) is 12.4. The van der Waals surface area contributed by atoms with Crippen molar-refractivity contribution < 1.29 is 39.0 Å². The predicted molar refractivity (Wildman–Crippen MR) is 221 cm³/mol. The largest absolute Gasteiger partial charge is 0.508 e. The number of nitrogens with two attached hydrogens (primary N) is 1. The van der Waals surface area contributed by atoms with Crippen LogP contribution < -0.4 is 53.6 Å². The molecule has 0 bridgehead atoms. The van der Waals surface area contributed by atoms with Crippen molar-refractivity contribution in [1.29, 1.82) is 0 Å². The molecule has 0 radical (unpaired) electrons. The van der Waals surface area contributed by atoms with Gasteiger partial charge >= 0.3 is 0 Å². The second kappa shape index (κ2) is 20.8. The standard InChI is InChI=1S/C42H60N10O8/c1-44-33-4-2-3-29(33)40(58)48-16-25(13-23-5-9-27(53)10-6-23)39(57)51-35-21-47-19-32(35)42(60)52-36-22-46-18-31(36)41(59)49-26(14-24-7-11-28(54)12-8-24)15-37(55)50-34-20-45-17-30(34)38(43)56/h5-12,25-26,29-36,44-47,53-54H,2-4,13-22H2,1H3,(H2,43,56)(H,48,58)(H,49,59)(H,50,55)(H,51,57)(H,52,60)/t25-,26-,29?,30?,31?,32?,33?,34?,35?,36?/m0/s1. The first-order valence-corrected chi connectivity index (χ1v) is 21.0. The fourth-order valence-corrected chi connectivity index (χ4v) is 8.97. The van der Waals surface area contributed by atoms with E-state index in [1.165, 1.54) is 12.1 Å². The molecule has 3 saturated heterocycles. The Labute approximate surface area is 349 Å². The smallest absolute Gasteiger partial charge is 0.226 e. The second-order valence-corrected chi connectivity index (χ2v) is 16.6. The van der Waals surface area contributed by atoms with E-state index in [0.29, 0.717) is 39.1 Å². The van der Waals surface area contributed by atoms with Crippen LogP contribution in [0.3, 0.4) is 0 Å². The van der Waals surface area contributed by atoms with Gasteiger partial charge in [0.2, 0.25) is 35.4 Å². The van der Waals surface area contributed by atoms with Gasteiger partial charge < -0.3 is 63.8 Å². The molecule has 60 heavy (non-hydrogen) atoms. The maximum atomic E-state index is 13.9. The monoisotopic (exact) mass is 832 g/mol. The van der Waals surface area contributed by atoms with Gasteiger partial charge in [-0.3, -0.25) is 28.8 Å². The number of hydrogen-bond donors (Lipinski definition) is 12. The third kappa shape index (κ3) is 11.7. The zero-order valence-electron chi connectivity index (χ0n) is 34.0. The molecule has 4 fully saturated rings. The van der Waals surface area contributed by atoms with Crippen LogP contribution in [0.4, 0.5) is 0 Å². The van der Waals surface area contributed by atoms with Gasteiger partial charge in [0.25, 0.3) is 0 Å². The minimum absolute atomic E-state index is 0.0793. The highest BCUT2D eigenvalue weighted by Gasteiger charge is 2.41. The van der Waals surface area contributed by atoms with Crippen molar-refractivity contribution in [2.45, 2.75) is 68.7 Å². The summed E-state index contributed by atoms with van der Waals surface area (Å²) in [7, 11) is 1.84. The van der Waals surface area contributed by atoms with Gasteiger partial charge in [0.05, 0.1) is 47.7 Å². The van der Waals surface area contributed by atoms with Gasteiger partial charge in [-0.25, -0.2) is 0 Å². The zero-order valence-corrected chi connectivity index (χ0v) is 34.0. The summed E-state index contributed by atoms with van der Waals surface area (Å²) in [6, 6.07) is 10.9. The molecule has 18 heteroatoms. The lowest BCUT2D eigenvalue weighted by atomic mass is 9.95. The first-order valence-electron chi connectivity index (χ1n) is 21.0. The highest BCUT2D eigenvalue weighted by Crippen LogP contribution is 2.26. The molecule has 0 spiro atoms. The van der Waals surface area contributed by atoms with E-state index in [2.05, 4.69) is 47.9 Å². The topological polar surface area (TPSA) is 277 Å². The lowest BCUT2D eigenvalue weighted by Gasteiger charge is -2.27. The van der Waals surface area contributed by atoms with Crippen molar-refractivity contribution in [1.82, 2.24) is 47.9 Å². The number of carbonyl (C=O) groups is 6. The van der Waals surface area contributed by atoms with Gasteiger partial charge in [-0.15, -0.1) is 0 Å². The van der Waals surface area contributed by atoms with Crippen LogP contribution in [0.1, 0.15) is 36.8 Å². The molecule has 0 aromatic heterocycles. The average molecular weight is 833 g/mol. The Morgan fingerprint density at radius 2 is 1.20 bits per heavy atom. The second-order valence-electron chi connectivity index (χ2n) is 16.6. The van der Waals surface area contributed by atoms with E-state index in [1.807, 2.05) is 7.05 Å². The van der Waals surface area contributed by atoms with Gasteiger partial charge in [0.1, 0.15) is 11.5 Å². The Hall–Kier alpha value is -5.30. The van der Waals surface area contributed by atoms with E-state index < -0.39 is 53.7 Å². The number of nitrogens with one attached hydrogen (secondary N) is 9. The number of rotatable bonds is 18. The molecule has 6 rings (SSSR count). The lowest BCUT2D eigenvalue weighted by molar-refractivity contribution is -0.129. The fraction of sp³-hybridized carbons (Fsp3) is 0.571. The Bertz CT molecular complexity index is 1830. The summed E-state index contributed by atoms with van der Waals surface area (Å²) in [5.74, 6) is -4.49. The lowest BCUT2D eigenvalue weighted by Crippen LogP contribution is -2.54. The first kappa shape index (κ1) is 44.3. The fourth-order valence-electron chi connectivity index (χ4n) is 8.97. The Kier molecular flexibility index (Phi) is 15.3. The van der Waals surface area contributed by atoms with Crippen LogP contribution in [-0.4, -0.2) is 129 Å². The van der Waals surface area contributed by atoms with E-state index in [1.54, 1.807) is 36.4 Å². The van der Waals surface area contributed by atoms with Crippen molar-refractivity contribution in [3.05, 3.63) is 59.7 Å². The Morgan fingerprint density at radius 3 is 1.80 bits per heavy atom. The average Bonchev–Trinajstić information content (AvgIpc) is 4.06. The van der Waals surface area contributed by atoms with Crippen molar-refractivity contribution in [3.8, 4) is 11.5 Å². The molecule has 6 amide bonds. The molecule has 13 N–H and O–H groups in total. The summed E-state index contributed by atoms with van der Waals surface area (Å²) < 4.78 is 0. The van der Waals surface area contributed by atoms with E-state index in [0.717, 1.165) is 30.4 Å². The third-order valence-corrected chi connectivity index (χ3v) is 12.4. The van der Waals surface area contributed by atoms with Crippen LogP contribution in [0.15, 0.2) is 48.5 Å².